The summed E-state index contributed by atoms with van der Waals surface area (Å²) in [7, 11) is 1.73. The molecule has 1 fully saturated rings. The van der Waals surface area contributed by atoms with E-state index in [2.05, 4.69) is 18.7 Å². The molecule has 1 rings (SSSR count). The molecule has 16 heavy (non-hydrogen) atoms. The second-order valence-electron chi connectivity index (χ2n) is 5.36. The van der Waals surface area contributed by atoms with Gasteiger partial charge in [0.25, 0.3) is 0 Å². The third-order valence-corrected chi connectivity index (χ3v) is 3.66. The van der Waals surface area contributed by atoms with Gasteiger partial charge in [-0.25, -0.2) is 0 Å². The number of carboxylic acids is 1. The predicted molar refractivity (Wildman–Crippen MR) is 62.4 cm³/mol. The minimum absolute atomic E-state index is 0.0799. The molecule has 1 heterocycles. The summed E-state index contributed by atoms with van der Waals surface area (Å²) in [6, 6.07) is 0. The van der Waals surface area contributed by atoms with Gasteiger partial charge in [0.1, 0.15) is 0 Å². The van der Waals surface area contributed by atoms with Gasteiger partial charge < -0.3 is 14.7 Å². The van der Waals surface area contributed by atoms with E-state index in [1.807, 2.05) is 0 Å². The molecule has 0 bridgehead atoms. The van der Waals surface area contributed by atoms with Gasteiger partial charge in [-0.2, -0.15) is 0 Å². The number of aliphatic carboxylic acids is 1. The van der Waals surface area contributed by atoms with Crippen molar-refractivity contribution in [2.24, 2.45) is 11.8 Å². The molecule has 1 unspecified atom stereocenters. The Balaban J connectivity index is 2.20. The van der Waals surface area contributed by atoms with Crippen molar-refractivity contribution >= 4 is 5.97 Å². The van der Waals surface area contributed by atoms with Crippen LogP contribution in [0.5, 0.6) is 0 Å². The minimum Gasteiger partial charge on any atom is -0.481 e. The van der Waals surface area contributed by atoms with Gasteiger partial charge in [0.2, 0.25) is 0 Å². The van der Waals surface area contributed by atoms with Gasteiger partial charge in [-0.15, -0.1) is 0 Å². The standard InChI is InChI=1S/C12H23NO3/c1-9(11(14)15)10-7-13(8-10)6-5-12(2,3)16-4/h9-10H,5-8H2,1-4H3,(H,14,15). The first kappa shape index (κ1) is 13.5. The van der Waals surface area contributed by atoms with Crippen LogP contribution in [-0.4, -0.2) is 48.3 Å². The Labute approximate surface area is 97.6 Å². The number of ether oxygens (including phenoxy) is 1. The Morgan fingerprint density at radius 3 is 2.56 bits per heavy atom. The third kappa shape index (κ3) is 3.46. The Bertz CT molecular complexity index is 247. The summed E-state index contributed by atoms with van der Waals surface area (Å²) in [4.78, 5) is 13.1. The normalized spacial score (nSPS) is 20.5. The minimum atomic E-state index is -0.679. The molecule has 4 nitrogen and oxygen atoms in total. The summed E-state index contributed by atoms with van der Waals surface area (Å²) in [6.07, 6.45) is 0.984. The Morgan fingerprint density at radius 1 is 1.56 bits per heavy atom. The van der Waals surface area contributed by atoms with Crippen LogP contribution in [0.2, 0.25) is 0 Å². The van der Waals surface area contributed by atoms with Crippen LogP contribution in [0.1, 0.15) is 27.2 Å². The van der Waals surface area contributed by atoms with Crippen LogP contribution < -0.4 is 0 Å². The molecule has 4 heteroatoms. The van der Waals surface area contributed by atoms with Crippen LogP contribution in [0, 0.1) is 11.8 Å². The van der Waals surface area contributed by atoms with Crippen LogP contribution in [0.4, 0.5) is 0 Å². The lowest BCUT2D eigenvalue weighted by molar-refractivity contribution is -0.145. The Hall–Kier alpha value is -0.610. The van der Waals surface area contributed by atoms with E-state index < -0.39 is 5.97 Å². The number of carboxylic acid groups (broad SMARTS) is 1. The van der Waals surface area contributed by atoms with Gasteiger partial charge in [0.05, 0.1) is 11.5 Å². The molecule has 0 aromatic carbocycles. The number of carbonyl (C=O) groups is 1. The van der Waals surface area contributed by atoms with E-state index in [1.165, 1.54) is 0 Å². The molecule has 0 spiro atoms. The molecule has 1 atom stereocenters. The van der Waals surface area contributed by atoms with E-state index in [1.54, 1.807) is 14.0 Å². The summed E-state index contributed by atoms with van der Waals surface area (Å²) in [5, 5.41) is 8.86. The summed E-state index contributed by atoms with van der Waals surface area (Å²) in [6.45, 7) is 8.75. The maximum atomic E-state index is 10.8. The molecule has 1 aliphatic rings. The number of nitrogens with zero attached hydrogens (tertiary/aromatic N) is 1. The van der Waals surface area contributed by atoms with Crippen molar-refractivity contribution in [2.75, 3.05) is 26.7 Å². The van der Waals surface area contributed by atoms with Crippen molar-refractivity contribution in [3.05, 3.63) is 0 Å². The maximum Gasteiger partial charge on any atom is 0.306 e. The highest BCUT2D eigenvalue weighted by molar-refractivity contribution is 5.70. The van der Waals surface area contributed by atoms with E-state index in [-0.39, 0.29) is 11.5 Å². The number of likely N-dealkylation sites (tertiary alicyclic amines) is 1. The van der Waals surface area contributed by atoms with Crippen molar-refractivity contribution in [3.63, 3.8) is 0 Å². The summed E-state index contributed by atoms with van der Waals surface area (Å²) in [5.74, 6) is -0.572. The molecule has 94 valence electrons. The zero-order valence-corrected chi connectivity index (χ0v) is 10.7. The zero-order valence-electron chi connectivity index (χ0n) is 10.7. The van der Waals surface area contributed by atoms with Crippen LogP contribution in [0.25, 0.3) is 0 Å². The van der Waals surface area contributed by atoms with Crippen LogP contribution in [-0.2, 0) is 9.53 Å². The van der Waals surface area contributed by atoms with Crippen LogP contribution in [0.3, 0.4) is 0 Å². The Kier molecular flexibility index (Phi) is 4.33. The monoisotopic (exact) mass is 229 g/mol. The fourth-order valence-electron chi connectivity index (χ4n) is 1.84. The summed E-state index contributed by atoms with van der Waals surface area (Å²) >= 11 is 0. The molecule has 0 saturated carbocycles. The SMILES string of the molecule is COC(C)(C)CCN1CC(C(C)C(=O)O)C1. The lowest BCUT2D eigenvalue weighted by Gasteiger charge is -2.42. The molecular weight excluding hydrogens is 206 g/mol. The first-order valence-electron chi connectivity index (χ1n) is 5.86. The van der Waals surface area contributed by atoms with Crippen molar-refractivity contribution in [3.8, 4) is 0 Å². The van der Waals surface area contributed by atoms with E-state index in [9.17, 15) is 4.79 Å². The molecule has 1 saturated heterocycles. The summed E-state index contributed by atoms with van der Waals surface area (Å²) < 4.78 is 5.35. The molecule has 0 aromatic rings. The van der Waals surface area contributed by atoms with E-state index in [4.69, 9.17) is 9.84 Å². The van der Waals surface area contributed by atoms with E-state index >= 15 is 0 Å². The number of hydrogen-bond donors (Lipinski definition) is 1. The largest absolute Gasteiger partial charge is 0.481 e. The van der Waals surface area contributed by atoms with Gasteiger partial charge in [-0.1, -0.05) is 6.92 Å². The topological polar surface area (TPSA) is 49.8 Å². The second-order valence-corrected chi connectivity index (χ2v) is 5.36. The first-order valence-corrected chi connectivity index (χ1v) is 5.86. The van der Waals surface area contributed by atoms with E-state index in [0.29, 0.717) is 5.92 Å². The molecule has 0 radical (unpaired) electrons. The van der Waals surface area contributed by atoms with Gasteiger partial charge in [-0.3, -0.25) is 4.79 Å². The maximum absolute atomic E-state index is 10.8. The van der Waals surface area contributed by atoms with Crippen molar-refractivity contribution in [1.29, 1.82) is 0 Å². The lowest BCUT2D eigenvalue weighted by atomic mass is 9.86. The van der Waals surface area contributed by atoms with E-state index in [0.717, 1.165) is 26.1 Å². The van der Waals surface area contributed by atoms with Gasteiger partial charge >= 0.3 is 5.97 Å². The smallest absolute Gasteiger partial charge is 0.306 e. The van der Waals surface area contributed by atoms with Crippen LogP contribution >= 0.6 is 0 Å². The highest BCUT2D eigenvalue weighted by Crippen LogP contribution is 2.25. The fraction of sp³-hybridized carbons (Fsp3) is 0.917. The Morgan fingerprint density at radius 2 is 2.12 bits per heavy atom. The van der Waals surface area contributed by atoms with Crippen molar-refractivity contribution in [1.82, 2.24) is 4.90 Å². The second kappa shape index (κ2) is 5.15. The molecule has 0 aliphatic carbocycles. The first-order chi connectivity index (χ1) is 7.35. The van der Waals surface area contributed by atoms with Gasteiger partial charge in [0.15, 0.2) is 0 Å². The third-order valence-electron chi connectivity index (χ3n) is 3.66. The molecule has 0 aromatic heterocycles. The van der Waals surface area contributed by atoms with Gasteiger partial charge in [0, 0.05) is 26.7 Å². The molecule has 0 amide bonds. The average molecular weight is 229 g/mol. The van der Waals surface area contributed by atoms with Crippen molar-refractivity contribution < 1.29 is 14.6 Å². The quantitative estimate of drug-likeness (QED) is 0.749. The molecule has 1 aliphatic heterocycles. The number of methoxy groups -OCH3 is 1. The number of hydrogen-bond acceptors (Lipinski definition) is 3. The summed E-state index contributed by atoms with van der Waals surface area (Å²) in [5.41, 5.74) is -0.0799. The zero-order chi connectivity index (χ0) is 12.3. The average Bonchev–Trinajstić information content (AvgIpc) is 2.14. The number of rotatable bonds is 6. The highest BCUT2D eigenvalue weighted by atomic mass is 16.5. The predicted octanol–water partition coefficient (Wildman–Crippen LogP) is 1.45. The molecule has 1 N–H and O–H groups in total. The van der Waals surface area contributed by atoms with Crippen molar-refractivity contribution in [2.45, 2.75) is 32.8 Å². The van der Waals surface area contributed by atoms with Gasteiger partial charge in [-0.05, 0) is 26.2 Å². The fourth-order valence-corrected chi connectivity index (χ4v) is 1.84. The molecular formula is C12H23NO3. The highest BCUT2D eigenvalue weighted by Gasteiger charge is 2.34. The van der Waals surface area contributed by atoms with Crippen LogP contribution in [0.15, 0.2) is 0 Å². The lowest BCUT2D eigenvalue weighted by Crippen LogP contribution is -2.52.